The molecule has 10 nitrogen and oxygen atoms in total. The van der Waals surface area contributed by atoms with Gasteiger partial charge in [-0.2, -0.15) is 4.99 Å². The monoisotopic (exact) mass is 584 g/mol. The molecule has 0 aromatic heterocycles. The summed E-state index contributed by atoms with van der Waals surface area (Å²) in [6.07, 6.45) is 2.11. The van der Waals surface area contributed by atoms with Crippen molar-refractivity contribution in [2.75, 3.05) is 5.32 Å². The van der Waals surface area contributed by atoms with Crippen molar-refractivity contribution in [2.24, 2.45) is 4.99 Å². The minimum Gasteiger partial charge on any atom is -0.334 e. The summed E-state index contributed by atoms with van der Waals surface area (Å²) in [5.41, 5.74) is 2.32. The molecule has 0 radical (unpaired) electrons. The topological polar surface area (TPSA) is 148 Å². The zero-order chi connectivity index (χ0) is 28.2. The molecule has 4 rings (SSSR count). The van der Waals surface area contributed by atoms with Gasteiger partial charge in [0.15, 0.2) is 5.17 Å². The van der Waals surface area contributed by atoms with Gasteiger partial charge in [-0.15, -0.1) is 0 Å². The van der Waals surface area contributed by atoms with Crippen molar-refractivity contribution in [2.45, 2.75) is 24.7 Å². The summed E-state index contributed by atoms with van der Waals surface area (Å²) in [6, 6.07) is 17.2. The summed E-state index contributed by atoms with van der Waals surface area (Å²) >= 11 is 6.90. The van der Waals surface area contributed by atoms with Crippen molar-refractivity contribution in [3.63, 3.8) is 0 Å². The number of anilines is 1. The molecule has 0 bridgehead atoms. The molecule has 1 heterocycles. The van der Waals surface area contributed by atoms with Gasteiger partial charge in [-0.25, -0.2) is 13.1 Å². The van der Waals surface area contributed by atoms with Crippen molar-refractivity contribution >= 4 is 67.8 Å². The Morgan fingerprint density at radius 1 is 1.08 bits per heavy atom. The molecule has 1 aliphatic heterocycles. The number of nitrogens with zero attached hydrogens (tertiary/aromatic N) is 2. The molecule has 1 aliphatic rings. The molecule has 0 saturated heterocycles. The number of sulfonamides is 1. The van der Waals surface area contributed by atoms with Crippen LogP contribution < -0.4 is 10.0 Å². The fourth-order valence-electron chi connectivity index (χ4n) is 3.54. The zero-order valence-electron chi connectivity index (χ0n) is 20.4. The second-order valence-corrected chi connectivity index (χ2v) is 11.4. The van der Waals surface area contributed by atoms with Gasteiger partial charge >= 0.3 is 0 Å². The molecule has 0 unspecified atom stereocenters. The quantitative estimate of drug-likeness (QED) is 0.215. The Balaban J connectivity index is 1.35. The van der Waals surface area contributed by atoms with E-state index in [4.69, 9.17) is 11.6 Å². The van der Waals surface area contributed by atoms with Gasteiger partial charge in [0.2, 0.25) is 5.91 Å². The number of benzene rings is 3. The standard InChI is InChI=1S/C26H21ClN4O6S2/c1-2-16-5-10-20(11-6-16)39(36,37)30-24(32)15-17-3-8-19(9-4-17)28-26-29-25(33)23(38-26)14-18-7-12-21(27)22(13-18)31(34)35/h3-14H,2,15H2,1H3,(H,30,32)(H,28,29,33). The molecule has 3 aromatic rings. The number of hydrogen-bond acceptors (Lipinski definition) is 8. The van der Waals surface area contributed by atoms with Crippen molar-refractivity contribution in [3.8, 4) is 0 Å². The van der Waals surface area contributed by atoms with Crippen LogP contribution in [0.1, 0.15) is 23.6 Å². The van der Waals surface area contributed by atoms with E-state index in [1.165, 1.54) is 30.3 Å². The largest absolute Gasteiger partial charge is 0.334 e. The number of hydrogen-bond donors (Lipinski definition) is 2. The minimum atomic E-state index is -3.98. The van der Waals surface area contributed by atoms with Crippen LogP contribution in [0.25, 0.3) is 6.08 Å². The number of nitro benzene ring substituents is 1. The molecule has 13 heteroatoms. The molecular formula is C26H21ClN4O6S2. The Bertz CT molecular complexity index is 1620. The molecular weight excluding hydrogens is 564 g/mol. The van der Waals surface area contributed by atoms with E-state index in [0.29, 0.717) is 22.0 Å². The van der Waals surface area contributed by atoms with E-state index >= 15 is 0 Å². The lowest BCUT2D eigenvalue weighted by Gasteiger charge is -2.09. The number of amidine groups is 1. The van der Waals surface area contributed by atoms with E-state index < -0.39 is 26.8 Å². The molecule has 2 amide bonds. The first kappa shape index (κ1) is 28.0. The van der Waals surface area contributed by atoms with Crippen LogP contribution in [0, 0.1) is 10.1 Å². The van der Waals surface area contributed by atoms with Gasteiger partial charge in [0, 0.05) is 11.8 Å². The van der Waals surface area contributed by atoms with Crippen LogP contribution in [-0.2, 0) is 32.5 Å². The van der Waals surface area contributed by atoms with Crippen LogP contribution in [0.15, 0.2) is 81.5 Å². The summed E-state index contributed by atoms with van der Waals surface area (Å²) in [7, 11) is -3.98. The van der Waals surface area contributed by atoms with Crippen LogP contribution in [0.4, 0.5) is 11.4 Å². The second kappa shape index (κ2) is 11.8. The molecule has 3 aromatic carbocycles. The molecule has 0 atom stereocenters. The van der Waals surface area contributed by atoms with Gasteiger partial charge < -0.3 is 5.32 Å². The number of rotatable bonds is 8. The third-order valence-corrected chi connectivity index (χ3v) is 8.15. The van der Waals surface area contributed by atoms with Crippen molar-refractivity contribution in [1.82, 2.24) is 4.72 Å². The number of carbonyl (C=O) groups excluding carboxylic acids is 2. The van der Waals surface area contributed by atoms with E-state index in [2.05, 4.69) is 15.0 Å². The summed E-state index contributed by atoms with van der Waals surface area (Å²) in [5, 5.41) is 14.4. The number of nitro groups is 1. The van der Waals surface area contributed by atoms with E-state index in [1.807, 2.05) is 6.92 Å². The summed E-state index contributed by atoms with van der Waals surface area (Å²) in [5.74, 6) is -1.17. The maximum atomic E-state index is 12.5. The molecule has 39 heavy (non-hydrogen) atoms. The van der Waals surface area contributed by atoms with Crippen LogP contribution in [0.2, 0.25) is 5.02 Å². The first-order valence-corrected chi connectivity index (χ1v) is 14.2. The zero-order valence-corrected chi connectivity index (χ0v) is 22.8. The lowest BCUT2D eigenvalue weighted by atomic mass is 10.1. The van der Waals surface area contributed by atoms with Crippen LogP contribution in [-0.4, -0.2) is 30.3 Å². The number of thioether (sulfide) groups is 1. The van der Waals surface area contributed by atoms with Gasteiger partial charge in [0.1, 0.15) is 5.02 Å². The Morgan fingerprint density at radius 2 is 1.74 bits per heavy atom. The predicted octanol–water partition coefficient (Wildman–Crippen LogP) is 4.94. The molecule has 0 fully saturated rings. The number of carbonyl (C=O) groups is 2. The number of nitrogens with one attached hydrogen (secondary N) is 2. The maximum Gasteiger partial charge on any atom is 0.288 e. The minimum absolute atomic E-state index is 0.00425. The van der Waals surface area contributed by atoms with Gasteiger partial charge in [-0.3, -0.25) is 19.7 Å². The van der Waals surface area contributed by atoms with E-state index in [-0.39, 0.29) is 26.9 Å². The first-order valence-electron chi connectivity index (χ1n) is 11.5. The molecule has 200 valence electrons. The van der Waals surface area contributed by atoms with E-state index in [1.54, 1.807) is 42.5 Å². The molecule has 2 N–H and O–H groups in total. The number of aryl methyl sites for hydroxylation is 1. The highest BCUT2D eigenvalue weighted by atomic mass is 35.5. The van der Waals surface area contributed by atoms with Crippen LogP contribution in [0.3, 0.4) is 0 Å². The third kappa shape index (κ3) is 7.11. The number of aliphatic imine (C=N–C) groups is 1. The van der Waals surface area contributed by atoms with Gasteiger partial charge in [0.25, 0.3) is 21.6 Å². The molecule has 0 spiro atoms. The fourth-order valence-corrected chi connectivity index (χ4v) is 5.54. The summed E-state index contributed by atoms with van der Waals surface area (Å²) in [4.78, 5) is 39.4. The van der Waals surface area contributed by atoms with Gasteiger partial charge in [0.05, 0.1) is 21.1 Å². The highest BCUT2D eigenvalue weighted by molar-refractivity contribution is 8.18. The molecule has 0 aliphatic carbocycles. The Hall–Kier alpha value is -4.00. The lowest BCUT2D eigenvalue weighted by Crippen LogP contribution is -2.31. The van der Waals surface area contributed by atoms with E-state index in [9.17, 15) is 28.1 Å². The van der Waals surface area contributed by atoms with Crippen molar-refractivity contribution < 1.29 is 22.9 Å². The average molecular weight is 585 g/mol. The van der Waals surface area contributed by atoms with Gasteiger partial charge in [-0.1, -0.05) is 48.9 Å². The van der Waals surface area contributed by atoms with Crippen molar-refractivity contribution in [1.29, 1.82) is 0 Å². The molecule has 0 saturated carbocycles. The smallest absolute Gasteiger partial charge is 0.288 e. The highest BCUT2D eigenvalue weighted by Crippen LogP contribution is 2.31. The fraction of sp³-hybridized carbons (Fsp3) is 0.115. The van der Waals surface area contributed by atoms with E-state index in [0.717, 1.165) is 23.7 Å². The first-order chi connectivity index (χ1) is 18.5. The lowest BCUT2D eigenvalue weighted by molar-refractivity contribution is -0.384. The highest BCUT2D eigenvalue weighted by Gasteiger charge is 2.23. The van der Waals surface area contributed by atoms with Gasteiger partial charge in [-0.05, 0) is 71.3 Å². The summed E-state index contributed by atoms with van der Waals surface area (Å²) < 4.78 is 27.0. The number of amides is 2. The summed E-state index contributed by atoms with van der Waals surface area (Å²) in [6.45, 7) is 1.96. The Kier molecular flexibility index (Phi) is 8.48. The predicted molar refractivity (Wildman–Crippen MR) is 151 cm³/mol. The Morgan fingerprint density at radius 3 is 2.38 bits per heavy atom. The third-order valence-electron chi connectivity index (χ3n) is 5.55. The second-order valence-electron chi connectivity index (χ2n) is 8.33. The normalized spacial score (nSPS) is 14.3. The van der Waals surface area contributed by atoms with Crippen molar-refractivity contribution in [3.05, 3.63) is 103 Å². The van der Waals surface area contributed by atoms with Crippen LogP contribution in [0.5, 0.6) is 0 Å². The average Bonchev–Trinajstić information content (AvgIpc) is 3.23. The van der Waals surface area contributed by atoms with Crippen LogP contribution >= 0.6 is 23.4 Å². The SMILES string of the molecule is CCc1ccc(S(=O)(=O)NC(=O)Cc2ccc(NC3=NC(=O)C(=Cc4ccc(Cl)c([N+](=O)[O-])c4)S3)cc2)cc1. The maximum absolute atomic E-state index is 12.5. The Labute approximate surface area is 233 Å². The number of halogens is 1.